The Morgan fingerprint density at radius 2 is 2.00 bits per heavy atom. The summed E-state index contributed by atoms with van der Waals surface area (Å²) < 4.78 is 15.8. The third-order valence-electron chi connectivity index (χ3n) is 2.93. The summed E-state index contributed by atoms with van der Waals surface area (Å²) in [5.74, 6) is -0.220. The summed E-state index contributed by atoms with van der Waals surface area (Å²) in [6, 6.07) is 4.71. The van der Waals surface area contributed by atoms with E-state index in [9.17, 15) is 4.79 Å². The topological polar surface area (TPSA) is 65.0 Å². The summed E-state index contributed by atoms with van der Waals surface area (Å²) in [7, 11) is 3.12. The molecule has 0 unspecified atom stereocenters. The van der Waals surface area contributed by atoms with E-state index in [0.29, 0.717) is 24.5 Å². The summed E-state index contributed by atoms with van der Waals surface area (Å²) in [6.07, 6.45) is 0.661. The second kappa shape index (κ2) is 6.43. The molecule has 0 aliphatic rings. The van der Waals surface area contributed by atoms with Crippen LogP contribution in [0.15, 0.2) is 18.2 Å². The van der Waals surface area contributed by atoms with Crippen LogP contribution < -0.4 is 9.47 Å². The average Bonchev–Trinajstić information content (AvgIpc) is 2.38. The van der Waals surface area contributed by atoms with Gasteiger partial charge < -0.3 is 19.3 Å². The zero-order valence-corrected chi connectivity index (χ0v) is 11.7. The van der Waals surface area contributed by atoms with E-state index in [0.717, 1.165) is 0 Å². The highest BCUT2D eigenvalue weighted by Crippen LogP contribution is 2.25. The number of rotatable bonds is 7. The molecule has 0 amide bonds. The van der Waals surface area contributed by atoms with Gasteiger partial charge in [-0.1, -0.05) is 0 Å². The number of carboxylic acid groups (broad SMARTS) is 1. The number of aromatic carboxylic acids is 1. The lowest BCUT2D eigenvalue weighted by Gasteiger charge is -2.22. The van der Waals surface area contributed by atoms with Gasteiger partial charge in [0.05, 0.1) is 19.3 Å². The largest absolute Gasteiger partial charge is 0.497 e. The van der Waals surface area contributed by atoms with Crippen LogP contribution in [0, 0.1) is 0 Å². The fraction of sp³-hybridized carbons (Fsp3) is 0.500. The molecule has 0 fully saturated rings. The van der Waals surface area contributed by atoms with E-state index in [1.807, 2.05) is 13.8 Å². The van der Waals surface area contributed by atoms with Gasteiger partial charge in [-0.25, -0.2) is 4.79 Å². The molecule has 0 saturated heterocycles. The first-order chi connectivity index (χ1) is 8.89. The molecule has 0 aromatic heterocycles. The van der Waals surface area contributed by atoms with Crippen molar-refractivity contribution in [1.82, 2.24) is 0 Å². The Labute approximate surface area is 113 Å². The first-order valence-corrected chi connectivity index (χ1v) is 5.99. The molecule has 19 heavy (non-hydrogen) atoms. The third kappa shape index (κ3) is 4.44. The molecule has 0 aliphatic carbocycles. The van der Waals surface area contributed by atoms with Crippen LogP contribution in [-0.4, -0.2) is 37.5 Å². The van der Waals surface area contributed by atoms with Crippen molar-refractivity contribution in [3.63, 3.8) is 0 Å². The van der Waals surface area contributed by atoms with E-state index in [-0.39, 0.29) is 11.2 Å². The van der Waals surface area contributed by atoms with Gasteiger partial charge in [-0.2, -0.15) is 0 Å². The quantitative estimate of drug-likeness (QED) is 0.823. The lowest BCUT2D eigenvalue weighted by molar-refractivity contribution is 0.00537. The predicted molar refractivity (Wildman–Crippen MR) is 71.2 cm³/mol. The Morgan fingerprint density at radius 3 is 2.53 bits per heavy atom. The molecule has 0 heterocycles. The molecule has 0 bridgehead atoms. The summed E-state index contributed by atoms with van der Waals surface area (Å²) in [4.78, 5) is 11.1. The number of carbonyl (C=O) groups is 1. The molecule has 5 heteroatoms. The van der Waals surface area contributed by atoms with Crippen molar-refractivity contribution >= 4 is 5.97 Å². The first-order valence-electron chi connectivity index (χ1n) is 5.99. The van der Waals surface area contributed by atoms with E-state index in [1.165, 1.54) is 13.2 Å². The molecule has 0 radical (unpaired) electrons. The molecular weight excluding hydrogens is 248 g/mol. The van der Waals surface area contributed by atoms with Gasteiger partial charge in [-0.15, -0.1) is 0 Å². The Balaban J connectivity index is 2.75. The highest BCUT2D eigenvalue weighted by molar-refractivity contribution is 5.91. The first kappa shape index (κ1) is 15.3. The molecule has 106 valence electrons. The van der Waals surface area contributed by atoms with E-state index in [1.54, 1.807) is 19.2 Å². The Hall–Kier alpha value is -1.75. The van der Waals surface area contributed by atoms with Crippen LogP contribution in [0.2, 0.25) is 0 Å². The molecule has 1 N–H and O–H groups in total. The van der Waals surface area contributed by atoms with Gasteiger partial charge in [0.15, 0.2) is 0 Å². The van der Waals surface area contributed by atoms with Gasteiger partial charge >= 0.3 is 5.97 Å². The van der Waals surface area contributed by atoms with Crippen LogP contribution in [0.25, 0.3) is 0 Å². The minimum atomic E-state index is -1.04. The third-order valence-corrected chi connectivity index (χ3v) is 2.93. The van der Waals surface area contributed by atoms with Crippen LogP contribution in [0.5, 0.6) is 11.5 Å². The van der Waals surface area contributed by atoms with E-state index < -0.39 is 5.97 Å². The van der Waals surface area contributed by atoms with Gasteiger partial charge in [0, 0.05) is 13.5 Å². The van der Waals surface area contributed by atoms with Crippen molar-refractivity contribution < 1.29 is 24.1 Å². The Kier molecular flexibility index (Phi) is 5.18. The van der Waals surface area contributed by atoms with E-state index in [4.69, 9.17) is 19.3 Å². The SMILES string of the molecule is COc1ccc(OCCC(C)(C)OC)c(C(=O)O)c1. The predicted octanol–water partition coefficient (Wildman–Crippen LogP) is 2.59. The lowest BCUT2D eigenvalue weighted by Crippen LogP contribution is -2.25. The fourth-order valence-electron chi connectivity index (χ4n) is 1.44. The van der Waals surface area contributed by atoms with Crippen LogP contribution in [0.1, 0.15) is 30.6 Å². The average molecular weight is 268 g/mol. The second-order valence-electron chi connectivity index (χ2n) is 4.73. The number of carboxylic acids is 1. The van der Waals surface area contributed by atoms with Gasteiger partial charge in [-0.05, 0) is 32.0 Å². The number of methoxy groups -OCH3 is 2. The van der Waals surface area contributed by atoms with Crippen molar-refractivity contribution in [2.45, 2.75) is 25.9 Å². The van der Waals surface area contributed by atoms with Crippen molar-refractivity contribution in [2.75, 3.05) is 20.8 Å². The maximum Gasteiger partial charge on any atom is 0.339 e. The molecule has 5 nitrogen and oxygen atoms in total. The highest BCUT2D eigenvalue weighted by Gasteiger charge is 2.18. The standard InChI is InChI=1S/C14H20O5/c1-14(2,18-4)7-8-19-12-6-5-10(17-3)9-11(12)13(15)16/h5-6,9H,7-8H2,1-4H3,(H,15,16). The molecule has 0 atom stereocenters. The smallest absolute Gasteiger partial charge is 0.339 e. The van der Waals surface area contributed by atoms with Crippen molar-refractivity contribution in [2.24, 2.45) is 0 Å². The van der Waals surface area contributed by atoms with Crippen molar-refractivity contribution in [3.05, 3.63) is 23.8 Å². The number of hydrogen-bond donors (Lipinski definition) is 1. The molecule has 0 spiro atoms. The second-order valence-corrected chi connectivity index (χ2v) is 4.73. The van der Waals surface area contributed by atoms with Crippen molar-refractivity contribution in [3.8, 4) is 11.5 Å². The van der Waals surface area contributed by atoms with Crippen LogP contribution >= 0.6 is 0 Å². The van der Waals surface area contributed by atoms with Crippen LogP contribution in [-0.2, 0) is 4.74 Å². The lowest BCUT2D eigenvalue weighted by atomic mass is 10.1. The molecule has 1 rings (SSSR count). The zero-order chi connectivity index (χ0) is 14.5. The highest BCUT2D eigenvalue weighted by atomic mass is 16.5. The Morgan fingerprint density at radius 1 is 1.32 bits per heavy atom. The minimum Gasteiger partial charge on any atom is -0.497 e. The van der Waals surface area contributed by atoms with Gasteiger partial charge in [0.25, 0.3) is 0 Å². The maximum absolute atomic E-state index is 11.1. The number of benzene rings is 1. The van der Waals surface area contributed by atoms with Crippen LogP contribution in [0.3, 0.4) is 0 Å². The Bertz CT molecular complexity index is 439. The molecule has 0 saturated carbocycles. The van der Waals surface area contributed by atoms with Gasteiger partial charge in [0.2, 0.25) is 0 Å². The molecule has 0 aliphatic heterocycles. The minimum absolute atomic E-state index is 0.0922. The van der Waals surface area contributed by atoms with Crippen LogP contribution in [0.4, 0.5) is 0 Å². The van der Waals surface area contributed by atoms with E-state index >= 15 is 0 Å². The summed E-state index contributed by atoms with van der Waals surface area (Å²) in [5.41, 5.74) is -0.204. The van der Waals surface area contributed by atoms with E-state index in [2.05, 4.69) is 0 Å². The molecule has 1 aromatic rings. The fourth-order valence-corrected chi connectivity index (χ4v) is 1.44. The van der Waals surface area contributed by atoms with Crippen molar-refractivity contribution in [1.29, 1.82) is 0 Å². The normalized spacial score (nSPS) is 11.2. The number of hydrogen-bond acceptors (Lipinski definition) is 4. The summed E-state index contributed by atoms with van der Waals surface area (Å²) in [5, 5.41) is 9.13. The molecular formula is C14H20O5. The van der Waals surface area contributed by atoms with Gasteiger partial charge in [0.1, 0.15) is 17.1 Å². The van der Waals surface area contributed by atoms with Gasteiger partial charge in [-0.3, -0.25) is 0 Å². The summed E-state index contributed by atoms with van der Waals surface area (Å²) in [6.45, 7) is 4.28. The molecule has 1 aromatic carbocycles. The summed E-state index contributed by atoms with van der Waals surface area (Å²) >= 11 is 0. The monoisotopic (exact) mass is 268 g/mol. The maximum atomic E-state index is 11.1. The number of ether oxygens (including phenoxy) is 3. The zero-order valence-electron chi connectivity index (χ0n) is 11.7.